The van der Waals surface area contributed by atoms with E-state index in [9.17, 15) is 18.0 Å². The van der Waals surface area contributed by atoms with Crippen LogP contribution in [0.2, 0.25) is 0 Å². The van der Waals surface area contributed by atoms with Gasteiger partial charge in [-0.1, -0.05) is 38.1 Å². The molecule has 2 aromatic carbocycles. The standard InChI is InChI=1S/C24H31N3O4S/c1-17(2)16-25-23(28)19-11-13-27(14-12-19)24(29)20-8-6-9-21(15-20)26-32(30,31)22-10-5-4-7-18(22)3/h4-10,15,17,19,26H,11-14,16H2,1-3H3,(H,25,28). The Morgan fingerprint density at radius 1 is 1.06 bits per heavy atom. The van der Waals surface area contributed by atoms with Crippen molar-refractivity contribution >= 4 is 27.5 Å². The number of piperidine rings is 1. The first-order valence-corrected chi connectivity index (χ1v) is 12.4. The molecular weight excluding hydrogens is 426 g/mol. The molecule has 0 saturated carbocycles. The first-order valence-electron chi connectivity index (χ1n) is 10.9. The molecule has 1 heterocycles. The van der Waals surface area contributed by atoms with Crippen LogP contribution in [0.5, 0.6) is 0 Å². The number of carbonyl (C=O) groups is 2. The Balaban J connectivity index is 1.64. The van der Waals surface area contributed by atoms with Crippen LogP contribution in [0, 0.1) is 18.8 Å². The minimum absolute atomic E-state index is 0.0541. The van der Waals surface area contributed by atoms with Gasteiger partial charge in [-0.3, -0.25) is 14.3 Å². The van der Waals surface area contributed by atoms with Crippen molar-refractivity contribution in [3.63, 3.8) is 0 Å². The number of sulfonamides is 1. The van der Waals surface area contributed by atoms with Gasteiger partial charge in [-0.15, -0.1) is 0 Å². The zero-order chi connectivity index (χ0) is 23.3. The van der Waals surface area contributed by atoms with E-state index in [0.29, 0.717) is 55.2 Å². The molecule has 2 aromatic rings. The van der Waals surface area contributed by atoms with Crippen molar-refractivity contribution in [1.29, 1.82) is 0 Å². The Kier molecular flexibility index (Phi) is 7.56. The number of benzene rings is 2. The van der Waals surface area contributed by atoms with Crippen LogP contribution in [-0.2, 0) is 14.8 Å². The molecule has 1 saturated heterocycles. The molecule has 172 valence electrons. The fraction of sp³-hybridized carbons (Fsp3) is 0.417. The zero-order valence-electron chi connectivity index (χ0n) is 18.8. The van der Waals surface area contributed by atoms with Crippen molar-refractivity contribution in [2.45, 2.75) is 38.5 Å². The number of amides is 2. The second kappa shape index (κ2) is 10.2. The van der Waals surface area contributed by atoms with Gasteiger partial charge in [0.05, 0.1) is 4.90 Å². The third-order valence-electron chi connectivity index (χ3n) is 5.58. The summed E-state index contributed by atoms with van der Waals surface area (Å²) in [6.07, 6.45) is 1.24. The Bertz CT molecular complexity index is 1070. The topological polar surface area (TPSA) is 95.6 Å². The highest BCUT2D eigenvalue weighted by atomic mass is 32.2. The molecule has 0 spiro atoms. The van der Waals surface area contributed by atoms with Crippen LogP contribution in [-0.4, -0.2) is 44.8 Å². The van der Waals surface area contributed by atoms with E-state index in [1.807, 2.05) is 0 Å². The molecule has 0 aromatic heterocycles. The van der Waals surface area contributed by atoms with E-state index in [4.69, 9.17) is 0 Å². The third-order valence-corrected chi connectivity index (χ3v) is 7.12. The second-order valence-electron chi connectivity index (χ2n) is 8.66. The molecule has 0 atom stereocenters. The first-order chi connectivity index (χ1) is 15.2. The predicted octanol–water partition coefficient (Wildman–Crippen LogP) is 3.42. The number of rotatable bonds is 7. The predicted molar refractivity (Wildman–Crippen MR) is 125 cm³/mol. The number of nitrogens with zero attached hydrogens (tertiary/aromatic N) is 1. The van der Waals surface area contributed by atoms with Gasteiger partial charge in [0.15, 0.2) is 0 Å². The van der Waals surface area contributed by atoms with E-state index in [0.717, 1.165) is 0 Å². The summed E-state index contributed by atoms with van der Waals surface area (Å²) in [5, 5.41) is 2.97. The van der Waals surface area contributed by atoms with Crippen LogP contribution in [0.15, 0.2) is 53.4 Å². The lowest BCUT2D eigenvalue weighted by atomic mass is 9.95. The summed E-state index contributed by atoms with van der Waals surface area (Å²) in [5.41, 5.74) is 1.40. The van der Waals surface area contributed by atoms with Crippen molar-refractivity contribution in [2.24, 2.45) is 11.8 Å². The van der Waals surface area contributed by atoms with Gasteiger partial charge in [0, 0.05) is 36.8 Å². The number of carbonyl (C=O) groups excluding carboxylic acids is 2. The molecule has 32 heavy (non-hydrogen) atoms. The molecule has 8 heteroatoms. The van der Waals surface area contributed by atoms with E-state index in [1.54, 1.807) is 60.4 Å². The third kappa shape index (κ3) is 5.88. The quantitative estimate of drug-likeness (QED) is 0.666. The summed E-state index contributed by atoms with van der Waals surface area (Å²) >= 11 is 0. The van der Waals surface area contributed by atoms with Crippen LogP contribution in [0.1, 0.15) is 42.6 Å². The summed E-state index contributed by atoms with van der Waals surface area (Å²) in [6.45, 7) is 7.49. The fourth-order valence-electron chi connectivity index (χ4n) is 3.76. The summed E-state index contributed by atoms with van der Waals surface area (Å²) in [7, 11) is -3.76. The van der Waals surface area contributed by atoms with Gasteiger partial charge in [0.2, 0.25) is 5.91 Å². The minimum atomic E-state index is -3.76. The Labute approximate surface area is 190 Å². The number of nitrogens with one attached hydrogen (secondary N) is 2. The van der Waals surface area contributed by atoms with Gasteiger partial charge >= 0.3 is 0 Å². The monoisotopic (exact) mass is 457 g/mol. The molecule has 1 aliphatic rings. The van der Waals surface area contributed by atoms with E-state index >= 15 is 0 Å². The van der Waals surface area contributed by atoms with Crippen LogP contribution < -0.4 is 10.0 Å². The number of hydrogen-bond donors (Lipinski definition) is 2. The summed E-state index contributed by atoms with van der Waals surface area (Å²) in [5.74, 6) is 0.211. The zero-order valence-corrected chi connectivity index (χ0v) is 19.6. The number of likely N-dealkylation sites (tertiary alicyclic amines) is 1. The van der Waals surface area contributed by atoms with E-state index in [-0.39, 0.29) is 22.6 Å². The maximum atomic E-state index is 13.0. The van der Waals surface area contributed by atoms with E-state index in [2.05, 4.69) is 23.9 Å². The highest BCUT2D eigenvalue weighted by Gasteiger charge is 2.28. The van der Waals surface area contributed by atoms with Gasteiger partial charge in [0.1, 0.15) is 0 Å². The van der Waals surface area contributed by atoms with Crippen molar-refractivity contribution in [1.82, 2.24) is 10.2 Å². The average molecular weight is 458 g/mol. The Hall–Kier alpha value is -2.87. The number of hydrogen-bond acceptors (Lipinski definition) is 4. The highest BCUT2D eigenvalue weighted by molar-refractivity contribution is 7.92. The lowest BCUT2D eigenvalue weighted by Crippen LogP contribution is -2.43. The average Bonchev–Trinajstić information content (AvgIpc) is 2.77. The molecule has 2 amide bonds. The summed E-state index contributed by atoms with van der Waals surface area (Å²) in [6, 6.07) is 13.3. The van der Waals surface area contributed by atoms with E-state index < -0.39 is 10.0 Å². The SMILES string of the molecule is Cc1ccccc1S(=O)(=O)Nc1cccc(C(=O)N2CCC(C(=O)NCC(C)C)CC2)c1. The lowest BCUT2D eigenvalue weighted by Gasteiger charge is -2.31. The second-order valence-corrected chi connectivity index (χ2v) is 10.3. The number of aryl methyl sites for hydroxylation is 1. The van der Waals surface area contributed by atoms with Crippen LogP contribution in [0.3, 0.4) is 0 Å². The van der Waals surface area contributed by atoms with Crippen molar-refractivity contribution < 1.29 is 18.0 Å². The summed E-state index contributed by atoms with van der Waals surface area (Å²) in [4.78, 5) is 27.2. The minimum Gasteiger partial charge on any atom is -0.356 e. The van der Waals surface area contributed by atoms with Crippen molar-refractivity contribution in [3.05, 3.63) is 59.7 Å². The van der Waals surface area contributed by atoms with E-state index in [1.165, 1.54) is 0 Å². The van der Waals surface area contributed by atoms with Gasteiger partial charge in [0.25, 0.3) is 15.9 Å². The van der Waals surface area contributed by atoms with Gasteiger partial charge in [-0.25, -0.2) is 8.42 Å². The van der Waals surface area contributed by atoms with Gasteiger partial charge in [-0.05, 0) is 55.5 Å². The summed E-state index contributed by atoms with van der Waals surface area (Å²) < 4.78 is 28.1. The Morgan fingerprint density at radius 3 is 2.41 bits per heavy atom. The van der Waals surface area contributed by atoms with Crippen molar-refractivity contribution in [2.75, 3.05) is 24.4 Å². The smallest absolute Gasteiger partial charge is 0.262 e. The molecule has 3 rings (SSSR count). The maximum Gasteiger partial charge on any atom is 0.262 e. The molecule has 0 unspecified atom stereocenters. The normalized spacial score (nSPS) is 14.9. The molecule has 0 radical (unpaired) electrons. The maximum absolute atomic E-state index is 13.0. The van der Waals surface area contributed by atoms with Crippen molar-refractivity contribution in [3.8, 4) is 0 Å². The molecule has 1 fully saturated rings. The molecule has 0 aliphatic carbocycles. The molecule has 7 nitrogen and oxygen atoms in total. The Morgan fingerprint density at radius 2 is 1.75 bits per heavy atom. The van der Waals surface area contributed by atoms with Crippen LogP contribution >= 0.6 is 0 Å². The fourth-order valence-corrected chi connectivity index (χ4v) is 5.06. The van der Waals surface area contributed by atoms with Crippen LogP contribution in [0.4, 0.5) is 5.69 Å². The highest BCUT2D eigenvalue weighted by Crippen LogP contribution is 2.23. The number of anilines is 1. The lowest BCUT2D eigenvalue weighted by molar-refractivity contribution is -0.126. The molecule has 0 bridgehead atoms. The van der Waals surface area contributed by atoms with Gasteiger partial charge < -0.3 is 10.2 Å². The first kappa shape index (κ1) is 23.8. The van der Waals surface area contributed by atoms with Gasteiger partial charge in [-0.2, -0.15) is 0 Å². The largest absolute Gasteiger partial charge is 0.356 e. The molecule has 1 aliphatic heterocycles. The molecular formula is C24H31N3O4S. The van der Waals surface area contributed by atoms with Crippen LogP contribution in [0.25, 0.3) is 0 Å². The molecule has 2 N–H and O–H groups in total.